The molecule has 3 aromatic rings. The molecule has 1 aromatic carbocycles. The molecule has 0 fully saturated rings. The molecular weight excluding hydrogens is 280 g/mol. The minimum Gasteiger partial charge on any atom is -0.496 e. The summed E-state index contributed by atoms with van der Waals surface area (Å²) in [5, 5.41) is 1.26. The number of para-hydroxylation sites is 1. The zero-order chi connectivity index (χ0) is 14.8. The number of aromatic amines is 1. The number of nitrogens with one attached hydrogen (secondary N) is 1. The Morgan fingerprint density at radius 3 is 2.86 bits per heavy atom. The molecule has 3 rings (SSSR count). The Labute approximate surface area is 128 Å². The predicted molar refractivity (Wildman–Crippen MR) is 88.1 cm³/mol. The molecule has 0 unspecified atom stereocenters. The number of pyridine rings is 1. The lowest BCUT2D eigenvalue weighted by molar-refractivity contribution is 0.407. The number of fused-ring (bicyclic) bond motifs is 1. The minimum atomic E-state index is 0.838. The van der Waals surface area contributed by atoms with E-state index in [1.54, 1.807) is 18.9 Å². The molecule has 1 N–H and O–H groups in total. The number of nitrogens with zero attached hydrogens (tertiary/aromatic N) is 1. The van der Waals surface area contributed by atoms with E-state index in [1.165, 1.54) is 15.8 Å². The summed E-state index contributed by atoms with van der Waals surface area (Å²) in [5.74, 6) is 1.78. The van der Waals surface area contributed by atoms with E-state index in [4.69, 9.17) is 4.74 Å². The molecule has 0 saturated carbocycles. The Kier molecular flexibility index (Phi) is 3.88. The maximum atomic E-state index is 5.47. The second-order valence-electron chi connectivity index (χ2n) is 5.03. The van der Waals surface area contributed by atoms with Crippen molar-refractivity contribution in [3.05, 3.63) is 53.5 Å². The van der Waals surface area contributed by atoms with Crippen molar-refractivity contribution >= 4 is 22.7 Å². The summed E-state index contributed by atoms with van der Waals surface area (Å²) in [6.07, 6.45) is 3.95. The molecule has 0 bridgehead atoms. The number of rotatable bonds is 4. The Morgan fingerprint density at radius 2 is 2.05 bits per heavy atom. The first-order chi connectivity index (χ1) is 10.2. The predicted octanol–water partition coefficient (Wildman–Crippen LogP) is 4.48. The zero-order valence-corrected chi connectivity index (χ0v) is 13.3. The van der Waals surface area contributed by atoms with Gasteiger partial charge in [0.2, 0.25) is 0 Å². The third-order valence-corrected chi connectivity index (χ3v) is 4.73. The van der Waals surface area contributed by atoms with Crippen LogP contribution in [0.2, 0.25) is 0 Å². The standard InChI is InChI=1S/C17H18N2OS/c1-11-8-18-15(12(2)17(11)20-3)10-21-16-9-19-14-7-5-4-6-13(14)16/h4-9,19H,10H2,1-3H3. The summed E-state index contributed by atoms with van der Waals surface area (Å²) >= 11 is 1.80. The molecule has 0 aliphatic heterocycles. The molecule has 0 radical (unpaired) electrons. The fourth-order valence-electron chi connectivity index (χ4n) is 2.53. The van der Waals surface area contributed by atoms with Crippen LogP contribution in [0.25, 0.3) is 10.9 Å². The van der Waals surface area contributed by atoms with Crippen molar-refractivity contribution in [2.45, 2.75) is 24.5 Å². The summed E-state index contributed by atoms with van der Waals surface area (Å²) in [4.78, 5) is 9.12. The highest BCUT2D eigenvalue weighted by Crippen LogP contribution is 2.32. The average Bonchev–Trinajstić information content (AvgIpc) is 2.90. The lowest BCUT2D eigenvalue weighted by Gasteiger charge is -2.11. The number of thioether (sulfide) groups is 1. The first kappa shape index (κ1) is 14.0. The maximum absolute atomic E-state index is 5.47. The molecule has 0 spiro atoms. The van der Waals surface area contributed by atoms with Crippen molar-refractivity contribution in [1.82, 2.24) is 9.97 Å². The van der Waals surface area contributed by atoms with Crippen LogP contribution in [0.3, 0.4) is 0 Å². The fourth-order valence-corrected chi connectivity index (χ4v) is 3.59. The van der Waals surface area contributed by atoms with E-state index in [9.17, 15) is 0 Å². The highest BCUT2D eigenvalue weighted by atomic mass is 32.2. The van der Waals surface area contributed by atoms with Gasteiger partial charge >= 0.3 is 0 Å². The molecule has 21 heavy (non-hydrogen) atoms. The molecule has 0 amide bonds. The van der Waals surface area contributed by atoms with Gasteiger partial charge in [0.25, 0.3) is 0 Å². The maximum Gasteiger partial charge on any atom is 0.128 e. The summed E-state index contributed by atoms with van der Waals surface area (Å²) in [5.41, 5.74) is 4.46. The molecule has 2 heterocycles. The topological polar surface area (TPSA) is 37.9 Å². The Hall–Kier alpha value is -1.94. The normalized spacial score (nSPS) is 11.0. The van der Waals surface area contributed by atoms with Crippen LogP contribution in [-0.4, -0.2) is 17.1 Å². The van der Waals surface area contributed by atoms with Gasteiger partial charge < -0.3 is 9.72 Å². The van der Waals surface area contributed by atoms with Gasteiger partial charge in [0, 0.05) is 45.1 Å². The highest BCUT2D eigenvalue weighted by Gasteiger charge is 2.11. The van der Waals surface area contributed by atoms with Crippen LogP contribution in [0.5, 0.6) is 5.75 Å². The molecular formula is C17H18N2OS. The van der Waals surface area contributed by atoms with E-state index in [0.717, 1.165) is 28.3 Å². The van der Waals surface area contributed by atoms with Crippen LogP contribution in [0.1, 0.15) is 16.8 Å². The van der Waals surface area contributed by atoms with Crippen molar-refractivity contribution in [3.63, 3.8) is 0 Å². The third-order valence-electron chi connectivity index (χ3n) is 3.67. The number of methoxy groups -OCH3 is 1. The summed E-state index contributed by atoms with van der Waals surface area (Å²) < 4.78 is 5.47. The molecule has 2 aromatic heterocycles. The monoisotopic (exact) mass is 298 g/mol. The van der Waals surface area contributed by atoms with E-state index >= 15 is 0 Å². The number of hydrogen-bond acceptors (Lipinski definition) is 3. The van der Waals surface area contributed by atoms with Crippen LogP contribution < -0.4 is 4.74 Å². The minimum absolute atomic E-state index is 0.838. The van der Waals surface area contributed by atoms with Crippen molar-refractivity contribution in [2.75, 3.05) is 7.11 Å². The first-order valence-electron chi connectivity index (χ1n) is 6.88. The van der Waals surface area contributed by atoms with E-state index in [0.29, 0.717) is 0 Å². The fraction of sp³-hybridized carbons (Fsp3) is 0.235. The van der Waals surface area contributed by atoms with Crippen LogP contribution in [-0.2, 0) is 5.75 Å². The van der Waals surface area contributed by atoms with Crippen LogP contribution >= 0.6 is 11.8 Å². The van der Waals surface area contributed by atoms with Gasteiger partial charge in [-0.3, -0.25) is 4.98 Å². The second kappa shape index (κ2) is 5.82. The van der Waals surface area contributed by atoms with Gasteiger partial charge in [-0.05, 0) is 19.9 Å². The van der Waals surface area contributed by atoms with E-state index < -0.39 is 0 Å². The van der Waals surface area contributed by atoms with E-state index in [-0.39, 0.29) is 0 Å². The van der Waals surface area contributed by atoms with Crippen LogP contribution in [0, 0.1) is 13.8 Å². The number of aromatic nitrogens is 2. The third kappa shape index (κ3) is 2.63. The Balaban J connectivity index is 1.85. The van der Waals surface area contributed by atoms with E-state index in [1.807, 2.05) is 19.2 Å². The SMILES string of the molecule is COc1c(C)cnc(CSc2c[nH]c3ccccc23)c1C. The Morgan fingerprint density at radius 1 is 1.24 bits per heavy atom. The number of hydrogen-bond donors (Lipinski definition) is 1. The first-order valence-corrected chi connectivity index (χ1v) is 7.87. The molecule has 108 valence electrons. The lowest BCUT2D eigenvalue weighted by atomic mass is 10.1. The van der Waals surface area contributed by atoms with Gasteiger partial charge in [-0.2, -0.15) is 0 Å². The second-order valence-corrected chi connectivity index (χ2v) is 6.05. The lowest BCUT2D eigenvalue weighted by Crippen LogP contribution is -1.98. The summed E-state index contributed by atoms with van der Waals surface area (Å²) in [6, 6.07) is 8.35. The van der Waals surface area contributed by atoms with Crippen molar-refractivity contribution in [1.29, 1.82) is 0 Å². The van der Waals surface area contributed by atoms with Gasteiger partial charge in [-0.1, -0.05) is 18.2 Å². The largest absolute Gasteiger partial charge is 0.496 e. The Bertz CT molecular complexity index is 780. The number of benzene rings is 1. The van der Waals surface area contributed by atoms with Crippen molar-refractivity contribution < 1.29 is 4.74 Å². The molecule has 3 nitrogen and oxygen atoms in total. The van der Waals surface area contributed by atoms with Gasteiger partial charge in [-0.15, -0.1) is 11.8 Å². The number of ether oxygens (including phenoxy) is 1. The molecule has 4 heteroatoms. The number of aryl methyl sites for hydroxylation is 1. The summed E-state index contributed by atoms with van der Waals surface area (Å²) in [6.45, 7) is 4.10. The summed E-state index contributed by atoms with van der Waals surface area (Å²) in [7, 11) is 1.71. The molecule has 0 atom stereocenters. The van der Waals surface area contributed by atoms with Gasteiger partial charge in [0.1, 0.15) is 5.75 Å². The van der Waals surface area contributed by atoms with Crippen LogP contribution in [0.4, 0.5) is 0 Å². The van der Waals surface area contributed by atoms with Gasteiger partial charge in [0.15, 0.2) is 0 Å². The molecule has 0 saturated heterocycles. The van der Waals surface area contributed by atoms with Crippen molar-refractivity contribution in [2.24, 2.45) is 0 Å². The van der Waals surface area contributed by atoms with Gasteiger partial charge in [0.05, 0.1) is 12.8 Å². The molecule has 0 aliphatic rings. The zero-order valence-electron chi connectivity index (χ0n) is 12.4. The van der Waals surface area contributed by atoms with E-state index in [2.05, 4.69) is 41.3 Å². The van der Waals surface area contributed by atoms with Crippen LogP contribution in [0.15, 0.2) is 41.6 Å². The highest BCUT2D eigenvalue weighted by molar-refractivity contribution is 7.98. The van der Waals surface area contributed by atoms with Gasteiger partial charge in [-0.25, -0.2) is 0 Å². The quantitative estimate of drug-likeness (QED) is 0.722. The number of H-pyrrole nitrogens is 1. The smallest absolute Gasteiger partial charge is 0.128 e. The average molecular weight is 298 g/mol. The molecule has 0 aliphatic carbocycles. The van der Waals surface area contributed by atoms with Crippen molar-refractivity contribution in [3.8, 4) is 5.75 Å².